The van der Waals surface area contributed by atoms with E-state index >= 15 is 0 Å². The van der Waals surface area contributed by atoms with E-state index < -0.39 is 17.7 Å². The van der Waals surface area contributed by atoms with Gasteiger partial charge in [-0.15, -0.1) is 0 Å². The molecular weight excluding hydrogens is 296 g/mol. The predicted molar refractivity (Wildman–Crippen MR) is 70.9 cm³/mol. The van der Waals surface area contributed by atoms with E-state index in [9.17, 15) is 14.0 Å². The lowest BCUT2D eigenvalue weighted by Crippen LogP contribution is -2.14. The molecule has 4 nitrogen and oxygen atoms in total. The van der Waals surface area contributed by atoms with Gasteiger partial charge in [0, 0.05) is 12.1 Å². The van der Waals surface area contributed by atoms with Crippen molar-refractivity contribution in [3.05, 3.63) is 28.0 Å². The first kappa shape index (κ1) is 15.7. The lowest BCUT2D eigenvalue weighted by Gasteiger charge is -2.07. The van der Waals surface area contributed by atoms with Gasteiger partial charge in [-0.05, 0) is 19.1 Å². The van der Waals surface area contributed by atoms with Gasteiger partial charge >= 0.3 is 5.97 Å². The van der Waals surface area contributed by atoms with E-state index in [1.807, 2.05) is 0 Å². The number of halogens is 3. The molecule has 104 valence electrons. The van der Waals surface area contributed by atoms with Crippen LogP contribution in [-0.4, -0.2) is 18.5 Å². The van der Waals surface area contributed by atoms with E-state index in [0.717, 1.165) is 0 Å². The molecule has 19 heavy (non-hydrogen) atoms. The first-order chi connectivity index (χ1) is 8.93. The highest BCUT2D eigenvalue weighted by Gasteiger charge is 2.11. The maximum atomic E-state index is 13.1. The molecule has 0 atom stereocenters. The highest BCUT2D eigenvalue weighted by molar-refractivity contribution is 6.35. The maximum Gasteiger partial charge on any atom is 0.306 e. The summed E-state index contributed by atoms with van der Waals surface area (Å²) in [7, 11) is 0. The number of carbonyl (C=O) groups is 2. The van der Waals surface area contributed by atoms with E-state index in [0.29, 0.717) is 0 Å². The lowest BCUT2D eigenvalue weighted by molar-refractivity contribution is -0.144. The second kappa shape index (κ2) is 7.31. The van der Waals surface area contributed by atoms with E-state index in [2.05, 4.69) is 10.1 Å². The van der Waals surface area contributed by atoms with Crippen LogP contribution in [0.15, 0.2) is 12.1 Å². The van der Waals surface area contributed by atoms with Crippen LogP contribution in [0.3, 0.4) is 0 Å². The lowest BCUT2D eigenvalue weighted by atomic mass is 10.2. The molecule has 0 unspecified atom stereocenters. The van der Waals surface area contributed by atoms with Crippen molar-refractivity contribution >= 4 is 40.8 Å². The molecule has 0 aliphatic rings. The van der Waals surface area contributed by atoms with Gasteiger partial charge in [-0.2, -0.15) is 0 Å². The number of carbonyl (C=O) groups excluding carboxylic acids is 2. The zero-order valence-electron chi connectivity index (χ0n) is 10.1. The quantitative estimate of drug-likeness (QED) is 0.670. The van der Waals surface area contributed by atoms with E-state index in [1.165, 1.54) is 12.1 Å². The maximum absolute atomic E-state index is 13.1. The van der Waals surface area contributed by atoms with Crippen molar-refractivity contribution in [3.63, 3.8) is 0 Å². The number of esters is 1. The summed E-state index contributed by atoms with van der Waals surface area (Å²) in [4.78, 5) is 22.6. The minimum atomic E-state index is -0.743. The van der Waals surface area contributed by atoms with Gasteiger partial charge < -0.3 is 10.1 Å². The second-order valence-corrected chi connectivity index (χ2v) is 4.42. The number of nitrogens with one attached hydrogen (secondary N) is 1. The Bertz CT molecular complexity index is 471. The smallest absolute Gasteiger partial charge is 0.306 e. The molecule has 1 amide bonds. The Hall–Kier alpha value is -1.33. The second-order valence-electron chi connectivity index (χ2n) is 3.61. The van der Waals surface area contributed by atoms with Crippen molar-refractivity contribution in [1.82, 2.24) is 0 Å². The molecule has 0 radical (unpaired) electrons. The number of rotatable bonds is 5. The van der Waals surface area contributed by atoms with Gasteiger partial charge in [-0.3, -0.25) is 9.59 Å². The summed E-state index contributed by atoms with van der Waals surface area (Å²) in [6, 6.07) is 2.48. The minimum absolute atomic E-state index is 0.0255. The number of hydrogen-bond donors (Lipinski definition) is 1. The van der Waals surface area contributed by atoms with Crippen LogP contribution in [0.2, 0.25) is 10.0 Å². The van der Waals surface area contributed by atoms with Gasteiger partial charge in [0.2, 0.25) is 5.91 Å². The van der Waals surface area contributed by atoms with Crippen LogP contribution in [0.1, 0.15) is 19.8 Å². The molecule has 0 aliphatic heterocycles. The number of hydrogen-bond acceptors (Lipinski definition) is 3. The van der Waals surface area contributed by atoms with Gasteiger partial charge in [0.15, 0.2) is 5.82 Å². The summed E-state index contributed by atoms with van der Waals surface area (Å²) >= 11 is 11.2. The number of ether oxygens (including phenoxy) is 1. The highest BCUT2D eigenvalue weighted by Crippen LogP contribution is 2.27. The van der Waals surface area contributed by atoms with Crippen molar-refractivity contribution in [2.75, 3.05) is 11.9 Å². The van der Waals surface area contributed by atoms with Crippen LogP contribution in [0, 0.1) is 5.82 Å². The van der Waals surface area contributed by atoms with Crippen LogP contribution in [0.25, 0.3) is 0 Å². The van der Waals surface area contributed by atoms with Gasteiger partial charge in [0.05, 0.1) is 23.1 Å². The standard InChI is InChI=1S/C12H12Cl2FNO3/c1-2-19-11(18)4-3-10(17)16-7-5-8(13)12(15)9(14)6-7/h5-6H,2-4H2,1H3,(H,16,17). The van der Waals surface area contributed by atoms with Crippen molar-refractivity contribution in [1.29, 1.82) is 0 Å². The van der Waals surface area contributed by atoms with Crippen LogP contribution < -0.4 is 5.32 Å². The molecule has 0 bridgehead atoms. The topological polar surface area (TPSA) is 55.4 Å². The Morgan fingerprint density at radius 3 is 2.37 bits per heavy atom. The Labute approximate surface area is 119 Å². The third kappa shape index (κ3) is 5.04. The van der Waals surface area contributed by atoms with E-state index in [1.54, 1.807) is 6.92 Å². The fourth-order valence-electron chi connectivity index (χ4n) is 1.30. The molecule has 0 aliphatic carbocycles. The zero-order chi connectivity index (χ0) is 14.4. The molecule has 0 saturated heterocycles. The van der Waals surface area contributed by atoms with Crippen LogP contribution in [-0.2, 0) is 14.3 Å². The number of anilines is 1. The van der Waals surface area contributed by atoms with Gasteiger partial charge in [0.1, 0.15) is 0 Å². The molecule has 0 aromatic heterocycles. The summed E-state index contributed by atoms with van der Waals surface area (Å²) in [5, 5.41) is 2.09. The molecule has 1 N–H and O–H groups in total. The average Bonchev–Trinajstić information content (AvgIpc) is 2.34. The third-order valence-electron chi connectivity index (χ3n) is 2.13. The van der Waals surface area contributed by atoms with Crippen molar-refractivity contribution < 1.29 is 18.7 Å². The zero-order valence-corrected chi connectivity index (χ0v) is 11.6. The van der Waals surface area contributed by atoms with Crippen molar-refractivity contribution in [2.45, 2.75) is 19.8 Å². The minimum Gasteiger partial charge on any atom is -0.466 e. The van der Waals surface area contributed by atoms with Crippen molar-refractivity contribution in [3.8, 4) is 0 Å². The van der Waals surface area contributed by atoms with Crippen LogP contribution in [0.5, 0.6) is 0 Å². The third-order valence-corrected chi connectivity index (χ3v) is 2.68. The Morgan fingerprint density at radius 2 is 1.84 bits per heavy atom. The van der Waals surface area contributed by atoms with Crippen LogP contribution in [0.4, 0.5) is 10.1 Å². The molecular formula is C12H12Cl2FNO3. The summed E-state index contributed by atoms with van der Waals surface area (Å²) in [5.74, 6) is -1.60. The highest BCUT2D eigenvalue weighted by atomic mass is 35.5. The molecule has 0 saturated carbocycles. The molecule has 7 heteroatoms. The molecule has 1 aromatic rings. The summed E-state index contributed by atoms with van der Waals surface area (Å²) in [5.41, 5.74) is 0.269. The summed E-state index contributed by atoms with van der Waals surface area (Å²) in [6.07, 6.45) is -0.0617. The molecule has 1 rings (SSSR count). The van der Waals surface area contributed by atoms with Crippen LogP contribution >= 0.6 is 23.2 Å². The Morgan fingerprint density at radius 1 is 1.26 bits per heavy atom. The summed E-state index contributed by atoms with van der Waals surface area (Å²) in [6.45, 7) is 1.95. The Kier molecular flexibility index (Phi) is 6.05. The monoisotopic (exact) mass is 307 g/mol. The molecule has 0 fully saturated rings. The fourth-order valence-corrected chi connectivity index (χ4v) is 1.79. The number of benzene rings is 1. The van der Waals surface area contributed by atoms with E-state index in [-0.39, 0.29) is 35.2 Å². The summed E-state index contributed by atoms with van der Waals surface area (Å²) < 4.78 is 17.8. The predicted octanol–water partition coefficient (Wildman–Crippen LogP) is 3.41. The molecule has 0 heterocycles. The SMILES string of the molecule is CCOC(=O)CCC(=O)Nc1cc(Cl)c(F)c(Cl)c1. The normalized spacial score (nSPS) is 10.1. The van der Waals surface area contributed by atoms with Gasteiger partial charge in [-0.1, -0.05) is 23.2 Å². The van der Waals surface area contributed by atoms with Gasteiger partial charge in [-0.25, -0.2) is 4.39 Å². The Balaban J connectivity index is 2.55. The fraction of sp³-hybridized carbons (Fsp3) is 0.333. The van der Waals surface area contributed by atoms with Crippen molar-refractivity contribution in [2.24, 2.45) is 0 Å². The number of amides is 1. The average molecular weight is 308 g/mol. The van der Waals surface area contributed by atoms with Gasteiger partial charge in [0.25, 0.3) is 0 Å². The molecule has 0 spiro atoms. The first-order valence-corrected chi connectivity index (χ1v) is 6.29. The molecule has 1 aromatic carbocycles. The first-order valence-electron chi connectivity index (χ1n) is 5.54. The van der Waals surface area contributed by atoms with E-state index in [4.69, 9.17) is 23.2 Å². The largest absolute Gasteiger partial charge is 0.466 e.